The topological polar surface area (TPSA) is 83.2 Å². The van der Waals surface area contributed by atoms with Crippen LogP contribution in [0, 0.1) is 13.8 Å². The lowest BCUT2D eigenvalue weighted by atomic mass is 9.96. The van der Waals surface area contributed by atoms with Crippen molar-refractivity contribution in [3.05, 3.63) is 82.8 Å². The van der Waals surface area contributed by atoms with Gasteiger partial charge in [-0.3, -0.25) is 14.5 Å². The number of carbonyl (C=O) groups excluding carboxylic acids is 2. The van der Waals surface area contributed by atoms with Crippen LogP contribution in [0.3, 0.4) is 0 Å². The summed E-state index contributed by atoms with van der Waals surface area (Å²) in [6, 6.07) is 15.5. The number of Topliss-reactive ketones (excluding diaryl/α,β-unsaturated/α-hetero) is 1. The first kappa shape index (κ1) is 23.7. The first-order valence-corrected chi connectivity index (χ1v) is 12.3. The van der Waals surface area contributed by atoms with E-state index in [1.807, 2.05) is 31.2 Å². The molecule has 1 N–H and O–H groups in total. The molecule has 1 unspecified atom stereocenters. The van der Waals surface area contributed by atoms with Crippen LogP contribution in [0.15, 0.2) is 64.6 Å². The van der Waals surface area contributed by atoms with Gasteiger partial charge in [-0.25, -0.2) is 0 Å². The smallest absolute Gasteiger partial charge is 0.300 e. The molecule has 0 saturated carbocycles. The Labute approximate surface area is 210 Å². The van der Waals surface area contributed by atoms with Gasteiger partial charge < -0.3 is 19.2 Å². The Kier molecular flexibility index (Phi) is 6.31. The number of aliphatic hydroxyl groups is 1. The Balaban J connectivity index is 1.60. The Hall–Kier alpha value is -4.00. The number of methoxy groups -OCH3 is 1. The van der Waals surface area contributed by atoms with Crippen molar-refractivity contribution in [1.82, 2.24) is 0 Å². The summed E-state index contributed by atoms with van der Waals surface area (Å²) in [5.41, 5.74) is 2.85. The molecule has 0 radical (unpaired) electrons. The maximum absolute atomic E-state index is 13.4. The van der Waals surface area contributed by atoms with Crippen LogP contribution >= 0.6 is 0 Å². The minimum Gasteiger partial charge on any atom is -0.507 e. The highest BCUT2D eigenvalue weighted by molar-refractivity contribution is 6.51. The van der Waals surface area contributed by atoms with E-state index < -0.39 is 17.7 Å². The van der Waals surface area contributed by atoms with Crippen LogP contribution in [0.4, 0.5) is 11.4 Å². The molecular formula is C29H30N2O5. The molecule has 186 valence electrons. The van der Waals surface area contributed by atoms with E-state index in [4.69, 9.17) is 9.15 Å². The molecule has 1 aromatic heterocycles. The number of hydrogen-bond donors (Lipinski definition) is 1. The van der Waals surface area contributed by atoms with Gasteiger partial charge in [-0.1, -0.05) is 0 Å². The number of aryl methyl sites for hydroxylation is 2. The van der Waals surface area contributed by atoms with Gasteiger partial charge in [0.25, 0.3) is 11.7 Å². The number of hydrogen-bond acceptors (Lipinski definition) is 6. The van der Waals surface area contributed by atoms with Crippen LogP contribution in [0.1, 0.15) is 48.0 Å². The lowest BCUT2D eigenvalue weighted by molar-refractivity contribution is -0.132. The third-order valence-corrected chi connectivity index (χ3v) is 7.01. The summed E-state index contributed by atoms with van der Waals surface area (Å²) in [7, 11) is 1.57. The van der Waals surface area contributed by atoms with Crippen molar-refractivity contribution in [3.8, 4) is 5.75 Å². The largest absolute Gasteiger partial charge is 0.507 e. The van der Waals surface area contributed by atoms with Gasteiger partial charge in [-0.15, -0.1) is 0 Å². The SMILES string of the molecule is COc1ccc(/C(O)=C2/C(=O)C(=O)N(c3ccc(N4CCCCC4)cc3)C2c2ccc(C)o2)c(C)c1. The van der Waals surface area contributed by atoms with Gasteiger partial charge in [-0.05, 0) is 93.3 Å². The molecule has 7 heteroatoms. The number of anilines is 2. The van der Waals surface area contributed by atoms with Crippen molar-refractivity contribution >= 4 is 28.8 Å². The second-order valence-corrected chi connectivity index (χ2v) is 9.36. The molecule has 1 amide bonds. The van der Waals surface area contributed by atoms with E-state index in [-0.39, 0.29) is 11.3 Å². The lowest BCUT2D eigenvalue weighted by Crippen LogP contribution is -2.30. The van der Waals surface area contributed by atoms with Gasteiger partial charge in [0.1, 0.15) is 29.1 Å². The summed E-state index contributed by atoms with van der Waals surface area (Å²) in [5, 5.41) is 11.4. The molecule has 2 aliphatic heterocycles. The fraction of sp³-hybridized carbons (Fsp3) is 0.310. The second kappa shape index (κ2) is 9.57. The highest BCUT2D eigenvalue weighted by Crippen LogP contribution is 2.43. The van der Waals surface area contributed by atoms with E-state index in [0.717, 1.165) is 24.3 Å². The molecule has 2 aliphatic rings. The predicted molar refractivity (Wildman–Crippen MR) is 138 cm³/mol. The van der Waals surface area contributed by atoms with Gasteiger partial charge in [0.15, 0.2) is 0 Å². The number of furan rings is 1. The summed E-state index contributed by atoms with van der Waals surface area (Å²) >= 11 is 0. The third kappa shape index (κ3) is 4.15. The molecule has 36 heavy (non-hydrogen) atoms. The van der Waals surface area contributed by atoms with E-state index in [1.54, 1.807) is 44.4 Å². The normalized spacial score (nSPS) is 19.7. The number of carbonyl (C=O) groups is 2. The minimum atomic E-state index is -0.888. The average molecular weight is 487 g/mol. The van der Waals surface area contributed by atoms with E-state index in [1.165, 1.54) is 24.2 Å². The molecule has 3 aromatic rings. The maximum Gasteiger partial charge on any atom is 0.300 e. The number of amides is 1. The molecule has 2 aromatic carbocycles. The number of piperidine rings is 1. The molecule has 7 nitrogen and oxygen atoms in total. The highest BCUT2D eigenvalue weighted by atomic mass is 16.5. The van der Waals surface area contributed by atoms with Gasteiger partial charge in [-0.2, -0.15) is 0 Å². The summed E-state index contributed by atoms with van der Waals surface area (Å²) in [4.78, 5) is 30.5. The van der Waals surface area contributed by atoms with Crippen molar-refractivity contribution in [1.29, 1.82) is 0 Å². The minimum absolute atomic E-state index is 0.00252. The van der Waals surface area contributed by atoms with Crippen LogP contribution in [0.25, 0.3) is 5.76 Å². The number of nitrogens with zero attached hydrogens (tertiary/aromatic N) is 2. The highest BCUT2D eigenvalue weighted by Gasteiger charge is 2.48. The Morgan fingerprint density at radius 2 is 1.64 bits per heavy atom. The van der Waals surface area contributed by atoms with Crippen LogP contribution < -0.4 is 14.5 Å². The van der Waals surface area contributed by atoms with Crippen LogP contribution in [0.5, 0.6) is 5.75 Å². The Morgan fingerprint density at radius 3 is 2.25 bits per heavy atom. The monoisotopic (exact) mass is 486 g/mol. The number of benzene rings is 2. The van der Waals surface area contributed by atoms with Crippen molar-refractivity contribution in [3.63, 3.8) is 0 Å². The third-order valence-electron chi connectivity index (χ3n) is 7.01. The number of ketones is 1. The zero-order valence-corrected chi connectivity index (χ0v) is 20.8. The van der Waals surface area contributed by atoms with Gasteiger partial charge in [0.2, 0.25) is 0 Å². The predicted octanol–water partition coefficient (Wildman–Crippen LogP) is 5.52. The van der Waals surface area contributed by atoms with Crippen molar-refractivity contribution in [2.24, 2.45) is 0 Å². The Morgan fingerprint density at radius 1 is 0.944 bits per heavy atom. The molecular weight excluding hydrogens is 456 g/mol. The quantitative estimate of drug-likeness (QED) is 0.290. The van der Waals surface area contributed by atoms with E-state index in [2.05, 4.69) is 4.90 Å². The standard InChI is InChI=1S/C29H30N2O5/c1-18-17-22(35-3)12-13-23(18)27(32)25-26(24-14-7-19(2)36-24)31(29(34)28(25)33)21-10-8-20(9-11-21)30-15-5-4-6-16-30/h7-14,17,26,32H,4-6,15-16H2,1-3H3/b27-25-. The van der Waals surface area contributed by atoms with Crippen LogP contribution in [0.2, 0.25) is 0 Å². The zero-order valence-electron chi connectivity index (χ0n) is 20.8. The molecule has 0 bridgehead atoms. The van der Waals surface area contributed by atoms with Crippen LogP contribution in [-0.4, -0.2) is 37.0 Å². The Bertz CT molecular complexity index is 1330. The van der Waals surface area contributed by atoms with E-state index >= 15 is 0 Å². The molecule has 2 saturated heterocycles. The number of aliphatic hydroxyl groups excluding tert-OH is 1. The molecule has 1 atom stereocenters. The maximum atomic E-state index is 13.4. The van der Waals surface area contributed by atoms with E-state index in [9.17, 15) is 14.7 Å². The van der Waals surface area contributed by atoms with Crippen molar-refractivity contribution in [2.75, 3.05) is 30.0 Å². The van der Waals surface area contributed by atoms with Gasteiger partial charge in [0, 0.05) is 30.0 Å². The zero-order chi connectivity index (χ0) is 25.4. The summed E-state index contributed by atoms with van der Waals surface area (Å²) in [5.74, 6) is 0.0158. The molecule has 3 heterocycles. The van der Waals surface area contributed by atoms with E-state index in [0.29, 0.717) is 28.5 Å². The van der Waals surface area contributed by atoms with Gasteiger partial charge >= 0.3 is 0 Å². The molecule has 5 rings (SSSR count). The second-order valence-electron chi connectivity index (χ2n) is 9.36. The summed E-state index contributed by atoms with van der Waals surface area (Å²) in [6.45, 7) is 5.64. The summed E-state index contributed by atoms with van der Waals surface area (Å²) < 4.78 is 11.2. The fourth-order valence-electron chi connectivity index (χ4n) is 5.12. The van der Waals surface area contributed by atoms with Crippen LogP contribution in [-0.2, 0) is 9.59 Å². The fourth-order valence-corrected chi connectivity index (χ4v) is 5.12. The lowest BCUT2D eigenvalue weighted by Gasteiger charge is -2.29. The van der Waals surface area contributed by atoms with Crippen molar-refractivity contribution in [2.45, 2.75) is 39.2 Å². The number of rotatable bonds is 5. The molecule has 2 fully saturated rings. The molecule has 0 spiro atoms. The first-order chi connectivity index (χ1) is 17.4. The van der Waals surface area contributed by atoms with Crippen molar-refractivity contribution < 1.29 is 23.8 Å². The average Bonchev–Trinajstić information content (AvgIpc) is 3.44. The van der Waals surface area contributed by atoms with Gasteiger partial charge in [0.05, 0.1) is 12.7 Å². The summed E-state index contributed by atoms with van der Waals surface area (Å²) in [6.07, 6.45) is 3.58. The first-order valence-electron chi connectivity index (χ1n) is 12.3. The number of ether oxygens (including phenoxy) is 1. The molecule has 0 aliphatic carbocycles.